The number of hydrogen-bond donors (Lipinski definition) is 1. The lowest BCUT2D eigenvalue weighted by molar-refractivity contribution is -0.122. The highest BCUT2D eigenvalue weighted by Gasteiger charge is 2.36. The van der Waals surface area contributed by atoms with Crippen LogP contribution in [0, 0.1) is 5.92 Å². The topological polar surface area (TPSA) is 80.8 Å². The van der Waals surface area contributed by atoms with Gasteiger partial charge in [-0.3, -0.25) is 14.6 Å². The second-order valence-corrected chi connectivity index (χ2v) is 6.81. The summed E-state index contributed by atoms with van der Waals surface area (Å²) in [5.41, 5.74) is 2.09. The van der Waals surface area contributed by atoms with Crippen LogP contribution in [0.4, 0.5) is 11.4 Å². The molecule has 0 saturated carbocycles. The molecule has 0 radical (unpaired) electrons. The molecular formula is C22H21N3O4. The van der Waals surface area contributed by atoms with Crippen LogP contribution in [0.2, 0.25) is 0 Å². The molecule has 1 saturated heterocycles. The van der Waals surface area contributed by atoms with Gasteiger partial charge < -0.3 is 19.7 Å². The number of anilines is 2. The van der Waals surface area contributed by atoms with Crippen molar-refractivity contribution < 1.29 is 19.1 Å². The number of fused-ring (bicyclic) bond motifs is 1. The van der Waals surface area contributed by atoms with Crippen LogP contribution in [0.1, 0.15) is 6.42 Å². The zero-order chi connectivity index (χ0) is 20.4. The number of nitrogens with zero attached hydrogens (tertiary/aromatic N) is 2. The Morgan fingerprint density at radius 1 is 1.14 bits per heavy atom. The molecule has 2 heterocycles. The lowest BCUT2D eigenvalue weighted by atomic mass is 10.1. The fourth-order valence-corrected chi connectivity index (χ4v) is 3.57. The second kappa shape index (κ2) is 7.79. The van der Waals surface area contributed by atoms with Crippen molar-refractivity contribution in [2.45, 2.75) is 6.42 Å². The van der Waals surface area contributed by atoms with Gasteiger partial charge in [-0.2, -0.15) is 0 Å². The molecule has 1 N–H and O–H groups in total. The third-order valence-corrected chi connectivity index (χ3v) is 5.08. The Balaban J connectivity index is 1.56. The number of pyridine rings is 1. The highest BCUT2D eigenvalue weighted by Crippen LogP contribution is 2.36. The van der Waals surface area contributed by atoms with Crippen LogP contribution < -0.4 is 19.7 Å². The fraction of sp³-hybridized carbons (Fsp3) is 0.227. The molecule has 0 aliphatic carbocycles. The first-order valence-corrected chi connectivity index (χ1v) is 9.27. The van der Waals surface area contributed by atoms with Gasteiger partial charge >= 0.3 is 0 Å². The highest BCUT2D eigenvalue weighted by atomic mass is 16.5. The number of carbonyl (C=O) groups excluding carboxylic acids is 2. The monoisotopic (exact) mass is 391 g/mol. The standard InChI is InChI=1S/C22H21N3O4/c1-28-15-8-9-20(29-2)19(12-15)25-13-14(11-21(25)26)22(27)24-18-7-3-6-17-16(18)5-4-10-23-17/h3-10,12,14H,11,13H2,1-2H3,(H,24,27). The summed E-state index contributed by atoms with van der Waals surface area (Å²) in [5, 5.41) is 3.82. The van der Waals surface area contributed by atoms with Gasteiger partial charge in [0.15, 0.2) is 0 Å². The van der Waals surface area contributed by atoms with Crippen molar-refractivity contribution in [2.75, 3.05) is 31.0 Å². The summed E-state index contributed by atoms with van der Waals surface area (Å²) >= 11 is 0. The molecule has 0 spiro atoms. The van der Waals surface area contributed by atoms with Crippen LogP contribution in [-0.4, -0.2) is 37.6 Å². The molecule has 1 aliphatic heterocycles. The normalized spacial score (nSPS) is 16.1. The Bertz CT molecular complexity index is 1080. The first kappa shape index (κ1) is 18.7. The average molecular weight is 391 g/mol. The molecule has 1 fully saturated rings. The molecule has 4 rings (SSSR count). The van der Waals surface area contributed by atoms with E-state index in [9.17, 15) is 9.59 Å². The first-order chi connectivity index (χ1) is 14.1. The zero-order valence-corrected chi connectivity index (χ0v) is 16.2. The summed E-state index contributed by atoms with van der Waals surface area (Å²) < 4.78 is 10.7. The maximum Gasteiger partial charge on any atom is 0.229 e. The largest absolute Gasteiger partial charge is 0.497 e. The Kier molecular flexibility index (Phi) is 5.03. The first-order valence-electron chi connectivity index (χ1n) is 9.27. The molecule has 0 bridgehead atoms. The number of amides is 2. The van der Waals surface area contributed by atoms with Gasteiger partial charge in [0.1, 0.15) is 11.5 Å². The number of carbonyl (C=O) groups is 2. The van der Waals surface area contributed by atoms with Gasteiger partial charge in [0.25, 0.3) is 0 Å². The number of benzene rings is 2. The van der Waals surface area contributed by atoms with Crippen molar-refractivity contribution in [3.8, 4) is 11.5 Å². The molecule has 2 aromatic carbocycles. The smallest absolute Gasteiger partial charge is 0.229 e. The molecule has 7 heteroatoms. The minimum atomic E-state index is -0.467. The molecule has 7 nitrogen and oxygen atoms in total. The summed E-state index contributed by atoms with van der Waals surface area (Å²) in [6.07, 6.45) is 1.85. The van der Waals surface area contributed by atoms with Crippen LogP contribution >= 0.6 is 0 Å². The second-order valence-electron chi connectivity index (χ2n) is 6.81. The van der Waals surface area contributed by atoms with Gasteiger partial charge in [-0.05, 0) is 36.4 Å². The van der Waals surface area contributed by atoms with Gasteiger partial charge in [-0.1, -0.05) is 6.07 Å². The van der Waals surface area contributed by atoms with E-state index in [4.69, 9.17) is 9.47 Å². The van der Waals surface area contributed by atoms with Crippen LogP contribution in [0.15, 0.2) is 54.7 Å². The maximum atomic E-state index is 12.9. The predicted octanol–water partition coefficient (Wildman–Crippen LogP) is 3.24. The molecular weight excluding hydrogens is 370 g/mol. The lowest BCUT2D eigenvalue weighted by Crippen LogP contribution is -2.28. The number of nitrogens with one attached hydrogen (secondary N) is 1. The number of methoxy groups -OCH3 is 2. The van der Waals surface area contributed by atoms with E-state index in [1.165, 1.54) is 0 Å². The Morgan fingerprint density at radius 3 is 2.79 bits per heavy atom. The molecule has 2 amide bonds. The summed E-state index contributed by atoms with van der Waals surface area (Å²) in [5.74, 6) is 0.380. The third-order valence-electron chi connectivity index (χ3n) is 5.08. The van der Waals surface area contributed by atoms with E-state index in [1.807, 2.05) is 30.3 Å². The van der Waals surface area contributed by atoms with E-state index >= 15 is 0 Å². The van der Waals surface area contributed by atoms with Crippen molar-refractivity contribution in [3.63, 3.8) is 0 Å². The Morgan fingerprint density at radius 2 is 2.00 bits per heavy atom. The number of hydrogen-bond acceptors (Lipinski definition) is 5. The van der Waals surface area contributed by atoms with Gasteiger partial charge in [0, 0.05) is 30.6 Å². The molecule has 148 valence electrons. The molecule has 1 atom stereocenters. The van der Waals surface area contributed by atoms with E-state index in [-0.39, 0.29) is 24.8 Å². The maximum absolute atomic E-state index is 12.9. The van der Waals surface area contributed by atoms with Gasteiger partial charge in [-0.25, -0.2) is 0 Å². The summed E-state index contributed by atoms with van der Waals surface area (Å²) in [4.78, 5) is 31.4. The minimum Gasteiger partial charge on any atom is -0.497 e. The van der Waals surface area contributed by atoms with Crippen molar-refractivity contribution in [3.05, 3.63) is 54.7 Å². The SMILES string of the molecule is COc1ccc(OC)c(N2CC(C(=O)Nc3cccc4ncccc34)CC2=O)c1. The number of aromatic nitrogens is 1. The quantitative estimate of drug-likeness (QED) is 0.722. The van der Waals surface area contributed by atoms with E-state index < -0.39 is 5.92 Å². The molecule has 1 aliphatic rings. The summed E-state index contributed by atoms with van der Waals surface area (Å²) in [7, 11) is 3.11. The number of ether oxygens (including phenoxy) is 2. The van der Waals surface area contributed by atoms with E-state index in [2.05, 4.69) is 10.3 Å². The van der Waals surface area contributed by atoms with Crippen LogP contribution in [0.5, 0.6) is 11.5 Å². The minimum absolute atomic E-state index is 0.128. The fourth-order valence-electron chi connectivity index (χ4n) is 3.57. The van der Waals surface area contributed by atoms with Crippen molar-refractivity contribution in [1.29, 1.82) is 0 Å². The summed E-state index contributed by atoms with van der Waals surface area (Å²) in [6, 6.07) is 14.6. The predicted molar refractivity (Wildman–Crippen MR) is 110 cm³/mol. The van der Waals surface area contributed by atoms with Crippen LogP contribution in [-0.2, 0) is 9.59 Å². The van der Waals surface area contributed by atoms with Crippen molar-refractivity contribution >= 4 is 34.1 Å². The van der Waals surface area contributed by atoms with Gasteiger partial charge in [0.05, 0.1) is 37.0 Å². The van der Waals surface area contributed by atoms with Gasteiger partial charge in [0.2, 0.25) is 11.8 Å². The van der Waals surface area contributed by atoms with E-state index in [0.717, 1.165) is 10.9 Å². The summed E-state index contributed by atoms with van der Waals surface area (Å²) in [6.45, 7) is 0.275. The van der Waals surface area contributed by atoms with Gasteiger partial charge in [-0.15, -0.1) is 0 Å². The van der Waals surface area contributed by atoms with Crippen LogP contribution in [0.25, 0.3) is 10.9 Å². The lowest BCUT2D eigenvalue weighted by Gasteiger charge is -2.20. The molecule has 3 aromatic rings. The third kappa shape index (κ3) is 3.59. The van der Waals surface area contributed by atoms with E-state index in [1.54, 1.807) is 43.5 Å². The number of rotatable bonds is 5. The van der Waals surface area contributed by atoms with Crippen LogP contribution in [0.3, 0.4) is 0 Å². The van der Waals surface area contributed by atoms with E-state index in [0.29, 0.717) is 22.9 Å². The zero-order valence-electron chi connectivity index (χ0n) is 16.2. The highest BCUT2D eigenvalue weighted by molar-refractivity contribution is 6.07. The molecule has 29 heavy (non-hydrogen) atoms. The van der Waals surface area contributed by atoms with Crippen molar-refractivity contribution in [1.82, 2.24) is 4.98 Å². The Labute approximate surface area is 168 Å². The Hall–Kier alpha value is -3.61. The average Bonchev–Trinajstić information content (AvgIpc) is 3.15. The van der Waals surface area contributed by atoms with Crippen molar-refractivity contribution in [2.24, 2.45) is 5.92 Å². The molecule has 1 aromatic heterocycles. The molecule has 1 unspecified atom stereocenters.